The Hall–Kier alpha value is -4.28. The van der Waals surface area contributed by atoms with Crippen LogP contribution in [0.2, 0.25) is 0 Å². The number of nitrogens with one attached hydrogen (secondary N) is 2. The summed E-state index contributed by atoms with van der Waals surface area (Å²) in [6.45, 7) is 8.70. The molecule has 0 aromatic heterocycles. The summed E-state index contributed by atoms with van der Waals surface area (Å²) in [5.74, 6) is -1.65. The summed E-state index contributed by atoms with van der Waals surface area (Å²) in [5, 5.41) is 26.3. The summed E-state index contributed by atoms with van der Waals surface area (Å²) < 4.78 is 10.4. The number of hydrogen-bond acceptors (Lipinski definition) is 8. The molecule has 0 bridgehead atoms. The van der Waals surface area contributed by atoms with Gasteiger partial charge in [0.15, 0.2) is 0 Å². The van der Waals surface area contributed by atoms with Gasteiger partial charge in [0, 0.05) is 24.6 Å². The molecule has 2 aromatic rings. The highest BCUT2D eigenvalue weighted by Gasteiger charge is 2.43. The Morgan fingerprint density at radius 1 is 1.05 bits per heavy atom. The van der Waals surface area contributed by atoms with Gasteiger partial charge in [-0.25, -0.2) is 4.79 Å². The van der Waals surface area contributed by atoms with Crippen molar-refractivity contribution in [1.82, 2.24) is 15.5 Å². The summed E-state index contributed by atoms with van der Waals surface area (Å²) in [4.78, 5) is 54.6. The fraction of sp³-hybridized carbons (Fsp3) is 0.500. The summed E-state index contributed by atoms with van der Waals surface area (Å²) in [6.07, 6.45) is 1.29. The molecule has 4 N–H and O–H groups in total. The highest BCUT2D eigenvalue weighted by atomic mass is 16.6. The molecule has 234 valence electrons. The number of rotatable bonds is 12. The van der Waals surface area contributed by atoms with Crippen molar-refractivity contribution >= 4 is 23.9 Å². The van der Waals surface area contributed by atoms with Crippen LogP contribution in [0.15, 0.2) is 42.5 Å². The zero-order valence-corrected chi connectivity index (χ0v) is 25.5. The zero-order chi connectivity index (χ0) is 31.7. The predicted molar refractivity (Wildman–Crippen MR) is 159 cm³/mol. The molecular formula is C32H43N3O8. The number of esters is 1. The first-order chi connectivity index (χ1) is 20.3. The van der Waals surface area contributed by atoms with E-state index in [0.29, 0.717) is 24.0 Å². The molecule has 1 aliphatic carbocycles. The number of aromatic hydroxyl groups is 2. The fourth-order valence-corrected chi connectivity index (χ4v) is 4.82. The van der Waals surface area contributed by atoms with Crippen molar-refractivity contribution < 1.29 is 38.9 Å². The molecule has 1 aliphatic rings. The van der Waals surface area contributed by atoms with Crippen molar-refractivity contribution in [3.8, 4) is 11.5 Å². The van der Waals surface area contributed by atoms with E-state index in [4.69, 9.17) is 9.47 Å². The number of hydrogen-bond donors (Lipinski definition) is 4. The number of alkyl carbamates (subject to hydrolysis) is 1. The van der Waals surface area contributed by atoms with Crippen molar-refractivity contribution in [2.75, 3.05) is 13.2 Å². The Kier molecular flexibility index (Phi) is 11.4. The van der Waals surface area contributed by atoms with Crippen molar-refractivity contribution in [2.24, 2.45) is 0 Å². The molecule has 0 saturated heterocycles. The predicted octanol–water partition coefficient (Wildman–Crippen LogP) is 4.03. The number of ether oxygens (including phenoxy) is 2. The number of benzene rings is 2. The highest BCUT2D eigenvalue weighted by molar-refractivity contribution is 5.93. The van der Waals surface area contributed by atoms with Gasteiger partial charge in [0.05, 0.1) is 13.0 Å². The average Bonchev–Trinajstić information content (AvgIpc) is 2.89. The Bertz CT molecular complexity index is 1280. The number of carbonyl (C=O) groups is 4. The number of nitrogens with zero attached hydrogens (tertiary/aromatic N) is 1. The van der Waals surface area contributed by atoms with E-state index >= 15 is 0 Å². The van der Waals surface area contributed by atoms with Gasteiger partial charge in [-0.05, 0) is 77.1 Å². The number of aryl methyl sites for hydroxylation is 1. The van der Waals surface area contributed by atoms with Crippen molar-refractivity contribution in [1.29, 1.82) is 0 Å². The Balaban J connectivity index is 2.03. The Morgan fingerprint density at radius 2 is 1.72 bits per heavy atom. The van der Waals surface area contributed by atoms with Gasteiger partial charge in [-0.15, -0.1) is 0 Å². The van der Waals surface area contributed by atoms with E-state index in [-0.39, 0.29) is 49.1 Å². The molecule has 0 aliphatic heterocycles. The standard InChI is InChI=1S/C32H43N3O8/c1-6-42-26(37)17-18-33-29(39)27(24-12-7-9-20(2)28(24)38)35(22-10-8-11-22)30(40)25(34-31(41)43-32(3,4)5)19-21-13-15-23(36)16-14-21/h7,9,12-16,22,25,27,36,38H,6,8,10-11,17-19H2,1-5H3,(H,33,39)(H,34,41). The molecule has 0 heterocycles. The molecule has 2 unspecified atom stereocenters. The number of phenolic OH excluding ortho intramolecular Hbond substituents is 2. The van der Waals surface area contributed by atoms with Crippen LogP contribution in [0.3, 0.4) is 0 Å². The minimum atomic E-state index is -1.25. The first-order valence-electron chi connectivity index (χ1n) is 14.6. The number of carbonyl (C=O) groups excluding carboxylic acids is 4. The van der Waals surface area contributed by atoms with Crippen LogP contribution in [0.4, 0.5) is 4.79 Å². The van der Waals surface area contributed by atoms with Crippen LogP contribution in [-0.2, 0) is 30.3 Å². The molecule has 11 nitrogen and oxygen atoms in total. The lowest BCUT2D eigenvalue weighted by molar-refractivity contribution is -0.148. The normalized spacial score (nSPS) is 14.5. The third-order valence-electron chi connectivity index (χ3n) is 7.11. The van der Waals surface area contributed by atoms with Crippen LogP contribution in [0.25, 0.3) is 0 Å². The summed E-state index contributed by atoms with van der Waals surface area (Å²) in [5.41, 5.74) is 0.595. The topological polar surface area (TPSA) is 154 Å². The maximum absolute atomic E-state index is 14.5. The van der Waals surface area contributed by atoms with Crippen LogP contribution in [0, 0.1) is 6.92 Å². The van der Waals surface area contributed by atoms with E-state index in [0.717, 1.165) is 6.42 Å². The Morgan fingerprint density at radius 3 is 2.30 bits per heavy atom. The lowest BCUT2D eigenvalue weighted by Gasteiger charge is -2.43. The molecule has 43 heavy (non-hydrogen) atoms. The number of amides is 3. The van der Waals surface area contributed by atoms with Gasteiger partial charge in [0.2, 0.25) is 11.8 Å². The van der Waals surface area contributed by atoms with E-state index in [1.54, 1.807) is 65.0 Å². The first kappa shape index (κ1) is 33.2. The smallest absolute Gasteiger partial charge is 0.408 e. The quantitative estimate of drug-likeness (QED) is 0.267. The van der Waals surface area contributed by atoms with Crippen molar-refractivity contribution in [3.05, 3.63) is 59.2 Å². The van der Waals surface area contributed by atoms with Gasteiger partial charge in [-0.3, -0.25) is 14.4 Å². The Labute approximate surface area is 252 Å². The zero-order valence-electron chi connectivity index (χ0n) is 25.5. The van der Waals surface area contributed by atoms with Crippen LogP contribution < -0.4 is 10.6 Å². The molecule has 2 aromatic carbocycles. The second kappa shape index (κ2) is 14.8. The molecular weight excluding hydrogens is 554 g/mol. The number of phenols is 2. The van der Waals surface area contributed by atoms with Gasteiger partial charge in [0.1, 0.15) is 29.2 Å². The second-order valence-corrected chi connectivity index (χ2v) is 11.7. The lowest BCUT2D eigenvalue weighted by Crippen LogP contribution is -2.58. The molecule has 3 amide bonds. The van der Waals surface area contributed by atoms with Crippen molar-refractivity contribution in [2.45, 2.75) is 90.4 Å². The van der Waals surface area contributed by atoms with E-state index in [1.807, 2.05) is 0 Å². The third-order valence-corrected chi connectivity index (χ3v) is 7.11. The van der Waals surface area contributed by atoms with Crippen LogP contribution in [-0.4, -0.2) is 69.8 Å². The van der Waals surface area contributed by atoms with E-state index in [1.165, 1.54) is 17.0 Å². The molecule has 3 rings (SSSR count). The maximum atomic E-state index is 14.5. The average molecular weight is 598 g/mol. The van der Waals surface area contributed by atoms with E-state index in [9.17, 15) is 29.4 Å². The van der Waals surface area contributed by atoms with E-state index in [2.05, 4.69) is 10.6 Å². The molecule has 0 spiro atoms. The van der Waals surface area contributed by atoms with Crippen LogP contribution in [0.5, 0.6) is 11.5 Å². The minimum Gasteiger partial charge on any atom is -0.508 e. The molecule has 11 heteroatoms. The molecule has 2 atom stereocenters. The van der Waals surface area contributed by atoms with Gasteiger partial charge >= 0.3 is 12.1 Å². The lowest BCUT2D eigenvalue weighted by atomic mass is 9.87. The van der Waals surface area contributed by atoms with E-state index < -0.39 is 41.6 Å². The summed E-state index contributed by atoms with van der Waals surface area (Å²) in [6, 6.07) is 8.52. The van der Waals surface area contributed by atoms with Gasteiger partial charge in [0.25, 0.3) is 0 Å². The van der Waals surface area contributed by atoms with Crippen LogP contribution in [0.1, 0.15) is 76.1 Å². The largest absolute Gasteiger partial charge is 0.508 e. The first-order valence-corrected chi connectivity index (χ1v) is 14.6. The minimum absolute atomic E-state index is 0.0272. The third kappa shape index (κ3) is 9.36. The van der Waals surface area contributed by atoms with Gasteiger partial charge in [-0.2, -0.15) is 0 Å². The van der Waals surface area contributed by atoms with Gasteiger partial charge < -0.3 is 35.2 Å². The maximum Gasteiger partial charge on any atom is 0.408 e. The fourth-order valence-electron chi connectivity index (χ4n) is 4.82. The van der Waals surface area contributed by atoms with Crippen molar-refractivity contribution in [3.63, 3.8) is 0 Å². The highest BCUT2D eigenvalue weighted by Crippen LogP contribution is 2.38. The summed E-state index contributed by atoms with van der Waals surface area (Å²) >= 11 is 0. The number of para-hydroxylation sites is 1. The van der Waals surface area contributed by atoms with Crippen LogP contribution >= 0.6 is 0 Å². The SMILES string of the molecule is CCOC(=O)CCNC(=O)C(c1cccc(C)c1O)N(C(=O)C(Cc1ccc(O)cc1)NC(=O)OC(C)(C)C)C1CCC1. The molecule has 1 saturated carbocycles. The summed E-state index contributed by atoms with van der Waals surface area (Å²) in [7, 11) is 0. The van der Waals surface area contributed by atoms with Gasteiger partial charge in [-0.1, -0.05) is 30.3 Å². The monoisotopic (exact) mass is 597 g/mol. The molecule has 1 fully saturated rings. The molecule has 0 radical (unpaired) electrons. The second-order valence-electron chi connectivity index (χ2n) is 11.7.